The van der Waals surface area contributed by atoms with Crippen molar-refractivity contribution in [3.8, 4) is 0 Å². The maximum absolute atomic E-state index is 12.7. The lowest BCUT2D eigenvalue weighted by Crippen LogP contribution is -2.48. The van der Waals surface area contributed by atoms with Gasteiger partial charge in [-0.15, -0.1) is 0 Å². The molecule has 2 aliphatic rings. The molecule has 5 nitrogen and oxygen atoms in total. The van der Waals surface area contributed by atoms with Gasteiger partial charge in [-0.1, -0.05) is 24.3 Å². The molecule has 30 heavy (non-hydrogen) atoms. The largest absolute Gasteiger partial charge is 0.444 e. The first-order valence-electron chi connectivity index (χ1n) is 10.6. The summed E-state index contributed by atoms with van der Waals surface area (Å²) in [6.45, 7) is 9.73. The number of carbonyl (C=O) groups is 1. The van der Waals surface area contributed by atoms with E-state index in [1.54, 1.807) is 0 Å². The number of halogens is 1. The van der Waals surface area contributed by atoms with Crippen molar-refractivity contribution in [3.63, 3.8) is 0 Å². The van der Waals surface area contributed by atoms with Crippen LogP contribution in [-0.2, 0) is 11.2 Å². The van der Waals surface area contributed by atoms with Crippen LogP contribution >= 0.6 is 22.6 Å². The zero-order valence-electron chi connectivity index (χ0n) is 18.2. The molecule has 2 heterocycles. The molecule has 1 spiro atoms. The van der Waals surface area contributed by atoms with E-state index in [-0.39, 0.29) is 17.6 Å². The number of fused-ring (bicyclic) bond motifs is 1. The number of benzene rings is 1. The number of piperidine rings is 1. The van der Waals surface area contributed by atoms with Gasteiger partial charge in [0.15, 0.2) is 0 Å². The van der Waals surface area contributed by atoms with E-state index < -0.39 is 5.60 Å². The molecule has 4 rings (SSSR count). The van der Waals surface area contributed by atoms with Crippen LogP contribution in [0.2, 0.25) is 0 Å². The fourth-order valence-corrected chi connectivity index (χ4v) is 5.30. The van der Waals surface area contributed by atoms with Crippen LogP contribution < -0.4 is 10.2 Å². The number of hydrogen-bond donors (Lipinski definition) is 1. The van der Waals surface area contributed by atoms with E-state index >= 15 is 0 Å². The van der Waals surface area contributed by atoms with E-state index in [1.165, 1.54) is 20.3 Å². The Kier molecular flexibility index (Phi) is 5.72. The monoisotopic (exact) mass is 519 g/mol. The number of alkyl carbamates (subject to hydrolysis) is 1. The van der Waals surface area contributed by atoms with Gasteiger partial charge in [0.1, 0.15) is 11.4 Å². The molecular weight excluding hydrogens is 489 g/mol. The van der Waals surface area contributed by atoms with E-state index in [9.17, 15) is 4.79 Å². The van der Waals surface area contributed by atoms with Crippen LogP contribution in [0.5, 0.6) is 0 Å². The van der Waals surface area contributed by atoms with Gasteiger partial charge < -0.3 is 15.0 Å². The van der Waals surface area contributed by atoms with Crippen molar-refractivity contribution in [1.29, 1.82) is 0 Å². The molecule has 1 aromatic heterocycles. The van der Waals surface area contributed by atoms with Crippen molar-refractivity contribution in [2.45, 2.75) is 58.6 Å². The highest BCUT2D eigenvalue weighted by Crippen LogP contribution is 2.52. The first-order chi connectivity index (χ1) is 14.2. The molecule has 1 amide bonds. The Morgan fingerprint density at radius 3 is 2.63 bits per heavy atom. The molecule has 0 radical (unpaired) electrons. The number of ether oxygens (including phenoxy) is 1. The van der Waals surface area contributed by atoms with Crippen LogP contribution in [0.15, 0.2) is 36.5 Å². The van der Waals surface area contributed by atoms with Gasteiger partial charge in [0.2, 0.25) is 0 Å². The maximum atomic E-state index is 12.7. The predicted octanol–water partition coefficient (Wildman–Crippen LogP) is 5.40. The zero-order valence-corrected chi connectivity index (χ0v) is 20.3. The van der Waals surface area contributed by atoms with Gasteiger partial charge >= 0.3 is 6.09 Å². The molecule has 1 N–H and O–H groups in total. The predicted molar refractivity (Wildman–Crippen MR) is 128 cm³/mol. The topological polar surface area (TPSA) is 54.5 Å². The summed E-state index contributed by atoms with van der Waals surface area (Å²) in [7, 11) is 0. The van der Waals surface area contributed by atoms with Crippen LogP contribution in [0.1, 0.15) is 56.3 Å². The van der Waals surface area contributed by atoms with Gasteiger partial charge in [0.25, 0.3) is 0 Å². The van der Waals surface area contributed by atoms with Gasteiger partial charge in [0, 0.05) is 33.8 Å². The highest BCUT2D eigenvalue weighted by atomic mass is 127. The average molecular weight is 519 g/mol. The van der Waals surface area contributed by atoms with E-state index in [0.717, 1.165) is 38.2 Å². The first-order valence-corrected chi connectivity index (χ1v) is 11.7. The SMILES string of the molecule is Cc1c(I)ccnc1N1CCC2(CC1)Cc1ccccc1[C@H]2NC(=O)OC(C)(C)C. The Balaban J connectivity index is 1.56. The number of aromatic nitrogens is 1. The summed E-state index contributed by atoms with van der Waals surface area (Å²) in [5.41, 5.74) is 3.34. The average Bonchev–Trinajstić information content (AvgIpc) is 2.96. The Morgan fingerprint density at radius 1 is 1.23 bits per heavy atom. The lowest BCUT2D eigenvalue weighted by Gasteiger charge is -2.44. The summed E-state index contributed by atoms with van der Waals surface area (Å²) in [6.07, 6.45) is 4.58. The molecule has 160 valence electrons. The lowest BCUT2D eigenvalue weighted by atomic mass is 9.72. The second kappa shape index (κ2) is 8.02. The van der Waals surface area contributed by atoms with Gasteiger partial charge in [-0.3, -0.25) is 0 Å². The normalized spacial score (nSPS) is 20.2. The fourth-order valence-electron chi connectivity index (χ4n) is 4.89. The summed E-state index contributed by atoms with van der Waals surface area (Å²) in [4.78, 5) is 19.7. The molecule has 0 saturated carbocycles. The van der Waals surface area contributed by atoms with Crippen molar-refractivity contribution < 1.29 is 9.53 Å². The molecule has 2 aromatic rings. The minimum atomic E-state index is -0.508. The van der Waals surface area contributed by atoms with Crippen molar-refractivity contribution in [3.05, 3.63) is 56.8 Å². The van der Waals surface area contributed by atoms with Crippen LogP contribution in [0.25, 0.3) is 0 Å². The van der Waals surface area contributed by atoms with Crippen molar-refractivity contribution >= 4 is 34.5 Å². The number of hydrogen-bond acceptors (Lipinski definition) is 4. The number of nitrogens with zero attached hydrogens (tertiary/aromatic N) is 2. The van der Waals surface area contributed by atoms with E-state index in [4.69, 9.17) is 4.74 Å². The Bertz CT molecular complexity index is 946. The van der Waals surface area contributed by atoms with Gasteiger partial charge in [-0.25, -0.2) is 9.78 Å². The second-order valence-corrected chi connectivity index (χ2v) is 10.7. The number of nitrogens with one attached hydrogen (secondary N) is 1. The molecule has 1 aromatic carbocycles. The molecule has 1 aliphatic carbocycles. The van der Waals surface area contributed by atoms with Crippen molar-refractivity contribution in [2.75, 3.05) is 18.0 Å². The van der Waals surface area contributed by atoms with Crippen LogP contribution in [0, 0.1) is 15.9 Å². The molecular formula is C24H30IN3O2. The first kappa shape index (κ1) is 21.4. The number of anilines is 1. The minimum Gasteiger partial charge on any atom is -0.444 e. The third-order valence-electron chi connectivity index (χ3n) is 6.35. The van der Waals surface area contributed by atoms with Crippen molar-refractivity contribution in [1.82, 2.24) is 10.3 Å². The van der Waals surface area contributed by atoms with Gasteiger partial charge in [-0.2, -0.15) is 0 Å². The smallest absolute Gasteiger partial charge is 0.408 e. The van der Waals surface area contributed by atoms with Gasteiger partial charge in [-0.05, 0) is 86.7 Å². The fraction of sp³-hybridized carbons (Fsp3) is 0.500. The standard InChI is InChI=1S/C24H30IN3O2/c1-16-19(25)9-12-26-21(16)28-13-10-24(11-14-28)15-17-7-5-6-8-18(17)20(24)27-22(29)30-23(2,3)4/h5-9,12,20H,10-11,13-15H2,1-4H3,(H,27,29)/t20-/m1/s1. The molecule has 0 unspecified atom stereocenters. The lowest BCUT2D eigenvalue weighted by molar-refractivity contribution is 0.0428. The zero-order chi connectivity index (χ0) is 21.5. The molecule has 6 heteroatoms. The number of pyridine rings is 1. The summed E-state index contributed by atoms with van der Waals surface area (Å²) >= 11 is 2.38. The van der Waals surface area contributed by atoms with Crippen LogP contribution in [0.4, 0.5) is 10.6 Å². The Hall–Kier alpha value is -1.83. The van der Waals surface area contributed by atoms with E-state index in [0.29, 0.717) is 0 Å². The Labute approximate surface area is 192 Å². The Morgan fingerprint density at radius 2 is 1.93 bits per heavy atom. The quantitative estimate of drug-likeness (QED) is 0.540. The third kappa shape index (κ3) is 4.15. The van der Waals surface area contributed by atoms with E-state index in [1.807, 2.05) is 27.0 Å². The molecule has 1 aliphatic heterocycles. The van der Waals surface area contributed by atoms with Gasteiger partial charge in [0.05, 0.1) is 6.04 Å². The summed E-state index contributed by atoms with van der Waals surface area (Å²) in [5, 5.41) is 3.23. The summed E-state index contributed by atoms with van der Waals surface area (Å²) < 4.78 is 6.84. The van der Waals surface area contributed by atoms with Crippen LogP contribution in [0.3, 0.4) is 0 Å². The van der Waals surface area contributed by atoms with Crippen LogP contribution in [-0.4, -0.2) is 29.8 Å². The third-order valence-corrected chi connectivity index (χ3v) is 7.52. The molecule has 1 saturated heterocycles. The van der Waals surface area contributed by atoms with E-state index in [2.05, 4.69) is 75.0 Å². The summed E-state index contributed by atoms with van der Waals surface area (Å²) in [6, 6.07) is 10.6. The number of rotatable bonds is 2. The highest BCUT2D eigenvalue weighted by Gasteiger charge is 2.48. The summed E-state index contributed by atoms with van der Waals surface area (Å²) in [5.74, 6) is 1.09. The molecule has 0 bridgehead atoms. The maximum Gasteiger partial charge on any atom is 0.408 e. The highest BCUT2D eigenvalue weighted by molar-refractivity contribution is 14.1. The molecule has 1 fully saturated rings. The number of carbonyl (C=O) groups excluding carboxylic acids is 1. The van der Waals surface area contributed by atoms with Crippen molar-refractivity contribution in [2.24, 2.45) is 5.41 Å². The number of amides is 1. The minimum absolute atomic E-state index is 0.0179. The molecule has 1 atom stereocenters. The second-order valence-electron chi connectivity index (χ2n) is 9.55.